The van der Waals surface area contributed by atoms with Crippen molar-refractivity contribution in [2.24, 2.45) is 5.73 Å². The molecule has 2 unspecified atom stereocenters. The van der Waals surface area contributed by atoms with Gasteiger partial charge < -0.3 is 15.9 Å². The largest absolute Gasteiger partial charge is 0.390 e. The van der Waals surface area contributed by atoms with Gasteiger partial charge in [-0.25, -0.2) is 4.39 Å². The third-order valence-electron chi connectivity index (χ3n) is 2.38. The predicted molar refractivity (Wildman–Crippen MR) is 55.8 cm³/mol. The van der Waals surface area contributed by atoms with Gasteiger partial charge in [0.15, 0.2) is 0 Å². The molecule has 0 radical (unpaired) electrons. The molecule has 4 N–H and O–H groups in total. The summed E-state index contributed by atoms with van der Waals surface area (Å²) < 4.78 is 12.8. The van der Waals surface area contributed by atoms with E-state index < -0.39 is 12.2 Å². The highest BCUT2D eigenvalue weighted by Crippen LogP contribution is 2.22. The summed E-state index contributed by atoms with van der Waals surface area (Å²) in [6.45, 7) is 2.00. The van der Waals surface area contributed by atoms with Crippen LogP contribution in [0.3, 0.4) is 0 Å². The molecule has 0 saturated carbocycles. The molecule has 84 valence electrons. The van der Waals surface area contributed by atoms with Gasteiger partial charge in [-0.15, -0.1) is 0 Å². The molecule has 1 aromatic rings. The van der Waals surface area contributed by atoms with Gasteiger partial charge >= 0.3 is 0 Å². The monoisotopic (exact) mass is 213 g/mol. The van der Waals surface area contributed by atoms with Gasteiger partial charge in [-0.2, -0.15) is 0 Å². The van der Waals surface area contributed by atoms with Crippen LogP contribution in [0.2, 0.25) is 0 Å². The van der Waals surface area contributed by atoms with E-state index in [1.807, 2.05) is 0 Å². The van der Waals surface area contributed by atoms with E-state index in [-0.39, 0.29) is 5.82 Å². The van der Waals surface area contributed by atoms with Crippen LogP contribution in [0, 0.1) is 12.7 Å². The third kappa shape index (κ3) is 2.99. The quantitative estimate of drug-likeness (QED) is 0.695. The Balaban J connectivity index is 2.86. The molecule has 2 atom stereocenters. The van der Waals surface area contributed by atoms with E-state index in [4.69, 9.17) is 5.73 Å². The Morgan fingerprint density at radius 3 is 2.60 bits per heavy atom. The van der Waals surface area contributed by atoms with Crippen molar-refractivity contribution in [3.05, 3.63) is 35.1 Å². The van der Waals surface area contributed by atoms with E-state index in [1.54, 1.807) is 6.92 Å². The van der Waals surface area contributed by atoms with Gasteiger partial charge in [0.05, 0.1) is 6.10 Å². The van der Waals surface area contributed by atoms with Crippen molar-refractivity contribution in [3.8, 4) is 0 Å². The van der Waals surface area contributed by atoms with Crippen LogP contribution in [0.5, 0.6) is 0 Å². The lowest BCUT2D eigenvalue weighted by molar-refractivity contribution is 0.0146. The summed E-state index contributed by atoms with van der Waals surface area (Å²) in [7, 11) is 0. The van der Waals surface area contributed by atoms with Crippen LogP contribution >= 0.6 is 0 Å². The molecule has 1 aromatic carbocycles. The SMILES string of the molecule is Cc1cc(F)ccc1C(O)C(O)CCN. The molecule has 0 spiro atoms. The van der Waals surface area contributed by atoms with Crippen molar-refractivity contribution in [1.82, 2.24) is 0 Å². The Morgan fingerprint density at radius 1 is 1.40 bits per heavy atom. The molecule has 0 amide bonds. The van der Waals surface area contributed by atoms with E-state index in [0.29, 0.717) is 24.1 Å². The molecule has 0 aliphatic carbocycles. The molecule has 3 nitrogen and oxygen atoms in total. The van der Waals surface area contributed by atoms with Crippen molar-refractivity contribution in [2.45, 2.75) is 25.6 Å². The van der Waals surface area contributed by atoms with Crippen molar-refractivity contribution in [3.63, 3.8) is 0 Å². The highest BCUT2D eigenvalue weighted by molar-refractivity contribution is 5.29. The summed E-state index contributed by atoms with van der Waals surface area (Å²) in [6.07, 6.45) is -1.59. The molecular formula is C11H16FNO2. The maximum absolute atomic E-state index is 12.8. The Bertz CT molecular complexity index is 330. The number of hydrogen-bond acceptors (Lipinski definition) is 3. The Kier molecular flexibility index (Phi) is 4.20. The topological polar surface area (TPSA) is 66.5 Å². The molecule has 0 aliphatic heterocycles. The summed E-state index contributed by atoms with van der Waals surface area (Å²) >= 11 is 0. The first kappa shape index (κ1) is 12.1. The van der Waals surface area contributed by atoms with Crippen LogP contribution in [0.25, 0.3) is 0 Å². The van der Waals surface area contributed by atoms with Crippen LogP contribution in [0.4, 0.5) is 4.39 Å². The molecule has 0 aromatic heterocycles. The van der Waals surface area contributed by atoms with E-state index >= 15 is 0 Å². The fraction of sp³-hybridized carbons (Fsp3) is 0.455. The van der Waals surface area contributed by atoms with Gasteiger partial charge in [-0.05, 0) is 43.1 Å². The number of aryl methyl sites for hydroxylation is 1. The molecule has 0 bridgehead atoms. The zero-order chi connectivity index (χ0) is 11.4. The second-order valence-corrected chi connectivity index (χ2v) is 3.59. The summed E-state index contributed by atoms with van der Waals surface area (Å²) in [4.78, 5) is 0. The molecule has 0 saturated heterocycles. The van der Waals surface area contributed by atoms with Crippen LogP contribution in [0.15, 0.2) is 18.2 Å². The lowest BCUT2D eigenvalue weighted by atomic mass is 9.98. The highest BCUT2D eigenvalue weighted by atomic mass is 19.1. The molecule has 0 aliphatic rings. The van der Waals surface area contributed by atoms with Crippen LogP contribution in [0.1, 0.15) is 23.7 Å². The maximum atomic E-state index is 12.8. The third-order valence-corrected chi connectivity index (χ3v) is 2.38. The minimum atomic E-state index is -1.01. The van der Waals surface area contributed by atoms with E-state index in [2.05, 4.69) is 0 Å². The van der Waals surface area contributed by atoms with E-state index in [9.17, 15) is 14.6 Å². The van der Waals surface area contributed by atoms with Crippen molar-refractivity contribution >= 4 is 0 Å². The summed E-state index contributed by atoms with van der Waals surface area (Å²) in [5, 5.41) is 19.3. The van der Waals surface area contributed by atoms with Crippen molar-refractivity contribution < 1.29 is 14.6 Å². The molecule has 4 heteroatoms. The Morgan fingerprint density at radius 2 is 2.07 bits per heavy atom. The van der Waals surface area contributed by atoms with E-state index in [1.165, 1.54) is 18.2 Å². The maximum Gasteiger partial charge on any atom is 0.123 e. The number of aliphatic hydroxyl groups excluding tert-OH is 2. The summed E-state index contributed by atoms with van der Waals surface area (Å²) in [6, 6.07) is 4.07. The second kappa shape index (κ2) is 5.21. The van der Waals surface area contributed by atoms with Gasteiger partial charge in [0.2, 0.25) is 0 Å². The smallest absolute Gasteiger partial charge is 0.123 e. The molecule has 15 heavy (non-hydrogen) atoms. The molecule has 0 fully saturated rings. The predicted octanol–water partition coefficient (Wildman–Crippen LogP) is 0.877. The highest BCUT2D eigenvalue weighted by Gasteiger charge is 2.19. The number of benzene rings is 1. The molecule has 0 heterocycles. The number of nitrogens with two attached hydrogens (primary N) is 1. The van der Waals surface area contributed by atoms with Crippen LogP contribution in [-0.2, 0) is 0 Å². The van der Waals surface area contributed by atoms with Crippen molar-refractivity contribution in [1.29, 1.82) is 0 Å². The lowest BCUT2D eigenvalue weighted by Crippen LogP contribution is -2.22. The average molecular weight is 213 g/mol. The first-order valence-electron chi connectivity index (χ1n) is 4.88. The lowest BCUT2D eigenvalue weighted by Gasteiger charge is -2.19. The zero-order valence-electron chi connectivity index (χ0n) is 8.65. The fourth-order valence-corrected chi connectivity index (χ4v) is 1.51. The summed E-state index contributed by atoms with van der Waals surface area (Å²) in [5.41, 5.74) is 6.44. The van der Waals surface area contributed by atoms with Crippen LogP contribution < -0.4 is 5.73 Å². The standard InChI is InChI=1S/C11H16FNO2/c1-7-6-8(12)2-3-9(7)11(15)10(14)4-5-13/h2-3,6,10-11,14-15H,4-5,13H2,1H3. The number of rotatable bonds is 4. The normalized spacial score (nSPS) is 15.0. The first-order valence-corrected chi connectivity index (χ1v) is 4.88. The fourth-order valence-electron chi connectivity index (χ4n) is 1.51. The van der Waals surface area contributed by atoms with Gasteiger partial charge in [0.1, 0.15) is 11.9 Å². The number of halogens is 1. The van der Waals surface area contributed by atoms with Crippen molar-refractivity contribution in [2.75, 3.05) is 6.54 Å². The minimum Gasteiger partial charge on any atom is -0.390 e. The number of aliphatic hydroxyl groups is 2. The van der Waals surface area contributed by atoms with Gasteiger partial charge in [-0.1, -0.05) is 6.07 Å². The Hall–Kier alpha value is -0.970. The summed E-state index contributed by atoms with van der Waals surface area (Å²) in [5.74, 6) is -0.350. The minimum absolute atomic E-state index is 0.304. The number of hydrogen-bond donors (Lipinski definition) is 3. The zero-order valence-corrected chi connectivity index (χ0v) is 8.65. The molecular weight excluding hydrogens is 197 g/mol. The Labute approximate surface area is 88.4 Å². The van der Waals surface area contributed by atoms with Gasteiger partial charge in [-0.3, -0.25) is 0 Å². The molecule has 1 rings (SSSR count). The second-order valence-electron chi connectivity index (χ2n) is 3.59. The van der Waals surface area contributed by atoms with Gasteiger partial charge in [0.25, 0.3) is 0 Å². The van der Waals surface area contributed by atoms with E-state index in [0.717, 1.165) is 0 Å². The van der Waals surface area contributed by atoms with Crippen LogP contribution in [-0.4, -0.2) is 22.9 Å². The first-order chi connectivity index (χ1) is 7.06. The van der Waals surface area contributed by atoms with Gasteiger partial charge in [0, 0.05) is 0 Å². The average Bonchev–Trinajstić information content (AvgIpc) is 2.17.